The molecule has 1 N–H and O–H groups in total. The highest BCUT2D eigenvalue weighted by atomic mass is 32.4. The Labute approximate surface area is 103 Å². The first-order chi connectivity index (χ1) is 8.00. The predicted molar refractivity (Wildman–Crippen MR) is 68.6 cm³/mol. The van der Waals surface area contributed by atoms with E-state index >= 15 is 0 Å². The van der Waals surface area contributed by atoms with Gasteiger partial charge in [0.15, 0.2) is 0 Å². The van der Waals surface area contributed by atoms with Gasteiger partial charge in [-0.1, -0.05) is 11.8 Å². The molecule has 0 heterocycles. The van der Waals surface area contributed by atoms with Crippen molar-refractivity contribution in [1.82, 2.24) is 0 Å². The fraction of sp³-hybridized carbons (Fsp3) is 0. The van der Waals surface area contributed by atoms with Crippen LogP contribution in [0.1, 0.15) is 0 Å². The molecule has 0 amide bonds. The van der Waals surface area contributed by atoms with E-state index in [4.69, 9.17) is 11.8 Å². The van der Waals surface area contributed by atoms with Gasteiger partial charge in [-0.2, -0.15) is 0 Å². The molecular weight excluding hydrogens is 261 g/mol. The van der Waals surface area contributed by atoms with Gasteiger partial charge >= 0.3 is 0 Å². The molecule has 0 aliphatic rings. The van der Waals surface area contributed by atoms with Crippen LogP contribution < -0.4 is 10.6 Å². The highest BCUT2D eigenvalue weighted by Crippen LogP contribution is 2.38. The highest BCUT2D eigenvalue weighted by Gasteiger charge is 2.18. The van der Waals surface area contributed by atoms with E-state index in [1.54, 1.807) is 0 Å². The third kappa shape index (κ3) is 2.60. The van der Waals surface area contributed by atoms with Gasteiger partial charge in [-0.05, 0) is 48.5 Å². The van der Waals surface area contributed by atoms with Crippen molar-refractivity contribution in [2.24, 2.45) is 0 Å². The van der Waals surface area contributed by atoms with E-state index < -0.39 is 6.26 Å². The lowest BCUT2D eigenvalue weighted by atomic mass is 10.3. The van der Waals surface area contributed by atoms with Crippen molar-refractivity contribution in [2.45, 2.75) is 0 Å². The summed E-state index contributed by atoms with van der Waals surface area (Å²) >= 11 is 5.18. The van der Waals surface area contributed by atoms with Gasteiger partial charge in [-0.3, -0.25) is 0 Å². The summed E-state index contributed by atoms with van der Waals surface area (Å²) < 4.78 is 25.6. The second-order valence-corrected chi connectivity index (χ2v) is 7.30. The minimum absolute atomic E-state index is 0.386. The van der Waals surface area contributed by atoms with E-state index in [-0.39, 0.29) is 11.6 Å². The van der Waals surface area contributed by atoms with Gasteiger partial charge in [0.05, 0.1) is 0 Å². The van der Waals surface area contributed by atoms with Gasteiger partial charge in [-0.25, -0.2) is 8.78 Å². The first-order valence-electron chi connectivity index (χ1n) is 4.85. The van der Waals surface area contributed by atoms with Crippen LogP contribution in [0.2, 0.25) is 0 Å². The third-order valence-corrected chi connectivity index (χ3v) is 5.61. The van der Waals surface area contributed by atoms with E-state index in [2.05, 4.69) is 0 Å². The summed E-state index contributed by atoms with van der Waals surface area (Å²) in [7, 11) is 0. The quantitative estimate of drug-likeness (QED) is 0.845. The monoisotopic (exact) mass is 270 g/mol. The van der Waals surface area contributed by atoms with Crippen LogP contribution in [0.25, 0.3) is 0 Å². The van der Waals surface area contributed by atoms with Gasteiger partial charge in [0, 0.05) is 10.6 Å². The summed E-state index contributed by atoms with van der Waals surface area (Å²) in [5.74, 6) is -0.772. The lowest BCUT2D eigenvalue weighted by Gasteiger charge is -2.15. The Morgan fingerprint density at radius 2 is 1.06 bits per heavy atom. The molecule has 0 aromatic heterocycles. The summed E-state index contributed by atoms with van der Waals surface area (Å²) in [6, 6.07) is 10.8. The Bertz CT molecular complexity index is 517. The maximum atomic E-state index is 12.8. The zero-order valence-electron chi connectivity index (χ0n) is 8.68. The van der Waals surface area contributed by atoms with Crippen molar-refractivity contribution < 1.29 is 13.7 Å². The Balaban J connectivity index is 2.45. The van der Waals surface area contributed by atoms with E-state index in [1.807, 2.05) is 0 Å². The number of rotatable bonds is 2. The first kappa shape index (κ1) is 12.4. The van der Waals surface area contributed by atoms with Crippen LogP contribution in [0.15, 0.2) is 48.5 Å². The lowest BCUT2D eigenvalue weighted by molar-refractivity contribution is 0.627. The van der Waals surface area contributed by atoms with Crippen LogP contribution in [0.5, 0.6) is 0 Å². The molecule has 5 heteroatoms. The zero-order chi connectivity index (χ0) is 12.5. The van der Waals surface area contributed by atoms with E-state index in [1.165, 1.54) is 48.5 Å². The molecule has 0 spiro atoms. The predicted octanol–water partition coefficient (Wildman–Crippen LogP) is 2.30. The highest BCUT2D eigenvalue weighted by molar-refractivity contribution is 8.19. The SMILES string of the molecule is OP(=S)(c1ccc(F)cc1)c1ccc(F)cc1. The lowest BCUT2D eigenvalue weighted by Crippen LogP contribution is -2.15. The van der Waals surface area contributed by atoms with Crippen molar-refractivity contribution in [2.75, 3.05) is 0 Å². The van der Waals surface area contributed by atoms with Crippen LogP contribution >= 0.6 is 6.26 Å². The van der Waals surface area contributed by atoms with Crippen LogP contribution in [-0.4, -0.2) is 4.89 Å². The third-order valence-electron chi connectivity index (χ3n) is 2.35. The van der Waals surface area contributed by atoms with Crippen LogP contribution in [0.4, 0.5) is 8.78 Å². The van der Waals surface area contributed by atoms with Crippen LogP contribution in [-0.2, 0) is 11.8 Å². The van der Waals surface area contributed by atoms with Crippen molar-refractivity contribution in [3.63, 3.8) is 0 Å². The van der Waals surface area contributed by atoms with E-state index in [0.29, 0.717) is 10.6 Å². The Hall–Kier alpha value is -1.09. The number of hydrogen-bond acceptors (Lipinski definition) is 1. The van der Waals surface area contributed by atoms with Gasteiger partial charge < -0.3 is 4.89 Å². The fourth-order valence-corrected chi connectivity index (χ4v) is 3.57. The van der Waals surface area contributed by atoms with Crippen LogP contribution in [0.3, 0.4) is 0 Å². The molecule has 0 aliphatic heterocycles. The number of halogens is 2. The maximum absolute atomic E-state index is 12.8. The minimum atomic E-state index is -2.94. The molecule has 88 valence electrons. The van der Waals surface area contributed by atoms with E-state index in [0.717, 1.165) is 0 Å². The number of hydrogen-bond donors (Lipinski definition) is 1. The van der Waals surface area contributed by atoms with Gasteiger partial charge in [0.2, 0.25) is 0 Å². The molecule has 0 radical (unpaired) electrons. The maximum Gasteiger partial charge on any atom is 0.123 e. The molecule has 1 nitrogen and oxygen atoms in total. The van der Waals surface area contributed by atoms with Gasteiger partial charge in [0.1, 0.15) is 17.9 Å². The van der Waals surface area contributed by atoms with Crippen molar-refractivity contribution in [3.8, 4) is 0 Å². The molecule has 2 aromatic rings. The summed E-state index contributed by atoms with van der Waals surface area (Å²) in [6.45, 7) is 0. The van der Waals surface area contributed by atoms with E-state index in [9.17, 15) is 13.7 Å². The summed E-state index contributed by atoms with van der Waals surface area (Å²) in [5, 5.41) is 0.973. The summed E-state index contributed by atoms with van der Waals surface area (Å²) in [5.41, 5.74) is 0. The molecule has 0 aliphatic carbocycles. The summed E-state index contributed by atoms with van der Waals surface area (Å²) in [6.07, 6.45) is -2.94. The van der Waals surface area contributed by atoms with Crippen molar-refractivity contribution in [1.29, 1.82) is 0 Å². The Morgan fingerprint density at radius 3 is 1.35 bits per heavy atom. The second kappa shape index (κ2) is 4.65. The smallest absolute Gasteiger partial charge is 0.123 e. The molecule has 0 atom stereocenters. The second-order valence-electron chi connectivity index (χ2n) is 3.53. The normalized spacial score (nSPS) is 11.5. The molecule has 0 saturated heterocycles. The Morgan fingerprint density at radius 1 is 0.765 bits per heavy atom. The zero-order valence-corrected chi connectivity index (χ0v) is 10.4. The van der Waals surface area contributed by atoms with Crippen molar-refractivity contribution >= 4 is 28.7 Å². The Kier molecular flexibility index (Phi) is 3.38. The van der Waals surface area contributed by atoms with Gasteiger partial charge in [-0.15, -0.1) is 0 Å². The molecule has 2 aromatic carbocycles. The number of benzene rings is 2. The van der Waals surface area contributed by atoms with Gasteiger partial charge in [0.25, 0.3) is 0 Å². The molecule has 17 heavy (non-hydrogen) atoms. The van der Waals surface area contributed by atoms with Crippen molar-refractivity contribution in [3.05, 3.63) is 60.2 Å². The molecule has 0 fully saturated rings. The molecular formula is C12H9F2OPS. The average molecular weight is 270 g/mol. The topological polar surface area (TPSA) is 20.2 Å². The molecule has 0 saturated carbocycles. The minimum Gasteiger partial charge on any atom is -0.358 e. The molecule has 2 rings (SSSR count). The standard InChI is InChI=1S/C12H9F2OPS/c13-9-1-5-11(6-2-9)16(15,17)12-7-3-10(14)4-8-12/h1-8H,(H,15,17). The molecule has 0 unspecified atom stereocenters. The average Bonchev–Trinajstić information content (AvgIpc) is 2.30. The fourth-order valence-electron chi connectivity index (χ4n) is 1.44. The molecule has 0 bridgehead atoms. The van der Waals surface area contributed by atoms with Crippen LogP contribution in [0, 0.1) is 11.6 Å². The summed E-state index contributed by atoms with van der Waals surface area (Å²) in [4.78, 5) is 10.3. The first-order valence-corrected chi connectivity index (χ1v) is 7.61. The largest absolute Gasteiger partial charge is 0.358 e.